The lowest BCUT2D eigenvalue weighted by atomic mass is 9.85. The van der Waals surface area contributed by atoms with Crippen molar-refractivity contribution in [3.63, 3.8) is 0 Å². The first kappa shape index (κ1) is 14.6. The van der Waals surface area contributed by atoms with Crippen LogP contribution < -0.4 is 4.74 Å². The molecule has 0 saturated heterocycles. The first-order chi connectivity index (χ1) is 8.60. The van der Waals surface area contributed by atoms with E-state index in [-0.39, 0.29) is 11.8 Å². The molecule has 0 saturated carbocycles. The van der Waals surface area contributed by atoms with Crippen LogP contribution in [-0.4, -0.2) is 17.7 Å². The third-order valence-corrected chi connectivity index (χ3v) is 3.19. The maximum absolute atomic E-state index is 11.1. The van der Waals surface area contributed by atoms with Gasteiger partial charge in [0.25, 0.3) is 0 Å². The van der Waals surface area contributed by atoms with Gasteiger partial charge in [0.15, 0.2) is 0 Å². The molecule has 0 aliphatic carbocycles. The third kappa shape index (κ3) is 3.76. The van der Waals surface area contributed by atoms with Crippen LogP contribution in [0.3, 0.4) is 0 Å². The minimum absolute atomic E-state index is 0.0349. The van der Waals surface area contributed by atoms with E-state index in [1.54, 1.807) is 6.92 Å². The van der Waals surface area contributed by atoms with Gasteiger partial charge in [-0.15, -0.1) is 0 Å². The third-order valence-electron chi connectivity index (χ3n) is 3.19. The molecule has 3 nitrogen and oxygen atoms in total. The number of rotatable bonds is 7. The maximum atomic E-state index is 11.1. The van der Waals surface area contributed by atoms with Crippen LogP contribution in [0.4, 0.5) is 0 Å². The lowest BCUT2D eigenvalue weighted by molar-refractivity contribution is -0.141. The predicted octanol–water partition coefficient (Wildman–Crippen LogP) is 3.69. The summed E-state index contributed by atoms with van der Waals surface area (Å²) in [6.07, 6.45) is 1.78. The predicted molar refractivity (Wildman–Crippen MR) is 72.1 cm³/mol. The van der Waals surface area contributed by atoms with E-state index in [0.29, 0.717) is 6.61 Å². The van der Waals surface area contributed by atoms with Gasteiger partial charge in [0, 0.05) is 0 Å². The van der Waals surface area contributed by atoms with Gasteiger partial charge in [-0.3, -0.25) is 4.79 Å². The molecule has 3 heteroatoms. The Kier molecular flexibility index (Phi) is 5.69. The summed E-state index contributed by atoms with van der Waals surface area (Å²) in [6.45, 7) is 6.53. The van der Waals surface area contributed by atoms with E-state index in [2.05, 4.69) is 6.92 Å². The number of hydrogen-bond acceptors (Lipinski definition) is 2. The molecule has 0 unspecified atom stereocenters. The highest BCUT2D eigenvalue weighted by Gasteiger charge is 2.23. The number of carboxylic acid groups (broad SMARTS) is 1. The van der Waals surface area contributed by atoms with Crippen molar-refractivity contribution in [2.24, 2.45) is 5.92 Å². The lowest BCUT2D eigenvalue weighted by Crippen LogP contribution is -2.18. The van der Waals surface area contributed by atoms with Crippen LogP contribution in [-0.2, 0) is 4.79 Å². The van der Waals surface area contributed by atoms with E-state index in [4.69, 9.17) is 9.84 Å². The first-order valence-corrected chi connectivity index (χ1v) is 6.55. The highest BCUT2D eigenvalue weighted by Crippen LogP contribution is 2.30. The second-order valence-corrected chi connectivity index (χ2v) is 4.56. The summed E-state index contributed by atoms with van der Waals surface area (Å²) in [4.78, 5) is 11.1. The molecule has 0 fully saturated rings. The molecule has 1 rings (SSSR count). The van der Waals surface area contributed by atoms with E-state index in [9.17, 15) is 4.79 Å². The summed E-state index contributed by atoms with van der Waals surface area (Å²) in [7, 11) is 0. The topological polar surface area (TPSA) is 46.5 Å². The molecule has 1 aromatic carbocycles. The van der Waals surface area contributed by atoms with E-state index in [1.807, 2.05) is 31.2 Å². The van der Waals surface area contributed by atoms with Gasteiger partial charge in [-0.25, -0.2) is 0 Å². The molecule has 100 valence electrons. The van der Waals surface area contributed by atoms with Crippen LogP contribution in [0.2, 0.25) is 0 Å². The monoisotopic (exact) mass is 250 g/mol. The molecule has 0 amide bonds. The van der Waals surface area contributed by atoms with E-state index in [1.165, 1.54) is 0 Å². The van der Waals surface area contributed by atoms with Crippen LogP contribution in [0.15, 0.2) is 24.3 Å². The van der Waals surface area contributed by atoms with Crippen LogP contribution >= 0.6 is 0 Å². The molecule has 1 N–H and O–H groups in total. The zero-order valence-electron chi connectivity index (χ0n) is 11.3. The highest BCUT2D eigenvalue weighted by molar-refractivity contribution is 5.71. The normalized spacial score (nSPS) is 13.9. The summed E-state index contributed by atoms with van der Waals surface area (Å²) < 4.78 is 5.58. The highest BCUT2D eigenvalue weighted by atomic mass is 16.5. The molecule has 2 atom stereocenters. The summed E-state index contributed by atoms with van der Waals surface area (Å²) in [5, 5.41) is 9.12. The second kappa shape index (κ2) is 7.04. The smallest absolute Gasteiger partial charge is 0.306 e. The van der Waals surface area contributed by atoms with Gasteiger partial charge < -0.3 is 9.84 Å². The largest absolute Gasteiger partial charge is 0.494 e. The molecular formula is C15H22O3. The van der Waals surface area contributed by atoms with E-state index < -0.39 is 5.97 Å². The van der Waals surface area contributed by atoms with Gasteiger partial charge in [-0.1, -0.05) is 32.9 Å². The Morgan fingerprint density at radius 1 is 1.39 bits per heavy atom. The van der Waals surface area contributed by atoms with E-state index >= 15 is 0 Å². The Morgan fingerprint density at radius 2 is 2.11 bits per heavy atom. The van der Waals surface area contributed by atoms with Crippen LogP contribution in [0.25, 0.3) is 0 Å². The summed E-state index contributed by atoms with van der Waals surface area (Å²) in [5.41, 5.74) is 1.04. The first-order valence-electron chi connectivity index (χ1n) is 6.55. The van der Waals surface area contributed by atoms with Crippen molar-refractivity contribution in [3.8, 4) is 5.75 Å². The second-order valence-electron chi connectivity index (χ2n) is 4.56. The Hall–Kier alpha value is -1.51. The van der Waals surface area contributed by atoms with Gasteiger partial charge in [0.1, 0.15) is 5.75 Å². The van der Waals surface area contributed by atoms with Crippen molar-refractivity contribution >= 4 is 5.97 Å². The molecule has 1 aromatic rings. The molecule has 0 aromatic heterocycles. The Labute approximate surface area is 109 Å². The fourth-order valence-electron chi connectivity index (χ4n) is 2.10. The molecule has 0 radical (unpaired) electrons. The number of aliphatic carboxylic acids is 1. The summed E-state index contributed by atoms with van der Waals surface area (Å²) in [5.74, 6) is -0.267. The Bertz CT molecular complexity index is 387. The van der Waals surface area contributed by atoms with Crippen LogP contribution in [0, 0.1) is 5.92 Å². The number of ether oxygens (including phenoxy) is 1. The minimum atomic E-state index is -0.748. The van der Waals surface area contributed by atoms with Crippen molar-refractivity contribution in [3.05, 3.63) is 29.8 Å². The molecule has 0 spiro atoms. The molecule has 0 heterocycles. The zero-order valence-corrected chi connectivity index (χ0v) is 11.3. The van der Waals surface area contributed by atoms with E-state index in [0.717, 1.165) is 24.2 Å². The van der Waals surface area contributed by atoms with Crippen molar-refractivity contribution in [1.29, 1.82) is 0 Å². The van der Waals surface area contributed by atoms with Gasteiger partial charge in [-0.2, -0.15) is 0 Å². The van der Waals surface area contributed by atoms with Crippen molar-refractivity contribution in [1.82, 2.24) is 0 Å². The molecule has 0 aliphatic rings. The molecule has 18 heavy (non-hydrogen) atoms. The fraction of sp³-hybridized carbons (Fsp3) is 0.533. The van der Waals surface area contributed by atoms with Crippen molar-refractivity contribution in [2.45, 2.75) is 39.5 Å². The van der Waals surface area contributed by atoms with Gasteiger partial charge in [-0.05, 0) is 36.5 Å². The molecule has 0 aliphatic heterocycles. The summed E-state index contributed by atoms with van der Waals surface area (Å²) >= 11 is 0. The zero-order chi connectivity index (χ0) is 13.5. The lowest BCUT2D eigenvalue weighted by Gasteiger charge is -2.20. The molecular weight excluding hydrogens is 228 g/mol. The maximum Gasteiger partial charge on any atom is 0.306 e. The standard InChI is InChI=1S/C15H22O3/c1-4-9-18-13-8-6-7-12(10-13)14(5-2)11(3)15(16)17/h6-8,10-11,14H,4-5,9H2,1-3H3,(H,16,17)/t11-,14-/m1/s1. The number of carboxylic acids is 1. The number of benzene rings is 1. The van der Waals surface area contributed by atoms with Crippen molar-refractivity contribution in [2.75, 3.05) is 6.61 Å². The minimum Gasteiger partial charge on any atom is -0.494 e. The Morgan fingerprint density at radius 3 is 2.67 bits per heavy atom. The van der Waals surface area contributed by atoms with Crippen LogP contribution in [0.1, 0.15) is 45.1 Å². The molecule has 0 bridgehead atoms. The van der Waals surface area contributed by atoms with Gasteiger partial charge >= 0.3 is 5.97 Å². The Balaban J connectivity index is 2.88. The fourth-order valence-corrected chi connectivity index (χ4v) is 2.10. The summed E-state index contributed by atoms with van der Waals surface area (Å²) in [6, 6.07) is 7.78. The van der Waals surface area contributed by atoms with Crippen LogP contribution in [0.5, 0.6) is 5.75 Å². The quantitative estimate of drug-likeness (QED) is 0.802. The van der Waals surface area contributed by atoms with Gasteiger partial charge in [0.2, 0.25) is 0 Å². The average Bonchev–Trinajstić information content (AvgIpc) is 2.37. The average molecular weight is 250 g/mol. The van der Waals surface area contributed by atoms with Crippen molar-refractivity contribution < 1.29 is 14.6 Å². The number of carbonyl (C=O) groups is 1. The van der Waals surface area contributed by atoms with Gasteiger partial charge in [0.05, 0.1) is 12.5 Å². The SMILES string of the molecule is CCCOc1cccc([C@H](CC)[C@@H](C)C(=O)O)c1. The number of hydrogen-bond donors (Lipinski definition) is 1.